The van der Waals surface area contributed by atoms with Gasteiger partial charge in [0.15, 0.2) is 0 Å². The van der Waals surface area contributed by atoms with Crippen molar-refractivity contribution in [1.82, 2.24) is 9.97 Å². The van der Waals surface area contributed by atoms with E-state index in [2.05, 4.69) is 34.2 Å². The van der Waals surface area contributed by atoms with Gasteiger partial charge in [0.2, 0.25) is 0 Å². The topological polar surface area (TPSA) is 58.1 Å². The maximum atomic E-state index is 10.3. The van der Waals surface area contributed by atoms with E-state index in [1.807, 2.05) is 32.0 Å². The minimum Gasteiger partial charge on any atom is -0.495 e. The van der Waals surface area contributed by atoms with Crippen LogP contribution in [0.25, 0.3) is 16.6 Å². The number of nitrogens with one attached hydrogen (secondary N) is 1. The van der Waals surface area contributed by atoms with Crippen LogP contribution in [0.2, 0.25) is 0 Å². The van der Waals surface area contributed by atoms with Crippen molar-refractivity contribution in [2.75, 3.05) is 7.11 Å². The quantitative estimate of drug-likeness (QED) is 0.625. The Labute approximate surface area is 166 Å². The second-order valence-corrected chi connectivity index (χ2v) is 8.26. The number of allylic oxidation sites excluding steroid dienone is 1. The SMILES string of the molecule is COc1cnc2[nH]c(/C(=C\C3CCCC3)c3ccc(C(C)(C)O)cc3)cc2c1. The van der Waals surface area contributed by atoms with Gasteiger partial charge in [0.1, 0.15) is 11.4 Å². The highest BCUT2D eigenvalue weighted by Crippen LogP contribution is 2.34. The molecule has 0 aliphatic heterocycles. The fraction of sp³-hybridized carbons (Fsp3) is 0.375. The molecule has 0 bridgehead atoms. The number of H-pyrrole nitrogens is 1. The molecular weight excluding hydrogens is 348 g/mol. The molecular formula is C24H28N2O2. The lowest BCUT2D eigenvalue weighted by Gasteiger charge is -2.18. The molecule has 1 saturated carbocycles. The molecule has 28 heavy (non-hydrogen) atoms. The van der Waals surface area contributed by atoms with E-state index in [0.717, 1.165) is 33.6 Å². The summed E-state index contributed by atoms with van der Waals surface area (Å²) >= 11 is 0. The fourth-order valence-corrected chi connectivity index (χ4v) is 4.01. The van der Waals surface area contributed by atoms with Gasteiger partial charge >= 0.3 is 0 Å². The summed E-state index contributed by atoms with van der Waals surface area (Å²) in [4.78, 5) is 7.97. The Morgan fingerprint density at radius 3 is 2.54 bits per heavy atom. The maximum absolute atomic E-state index is 10.3. The Balaban J connectivity index is 1.77. The summed E-state index contributed by atoms with van der Waals surface area (Å²) in [6.07, 6.45) is 9.25. The van der Waals surface area contributed by atoms with E-state index in [4.69, 9.17) is 4.74 Å². The summed E-state index contributed by atoms with van der Waals surface area (Å²) in [6, 6.07) is 12.4. The largest absolute Gasteiger partial charge is 0.495 e. The highest BCUT2D eigenvalue weighted by Gasteiger charge is 2.19. The molecule has 0 saturated heterocycles. The molecule has 0 amide bonds. The number of hydrogen-bond acceptors (Lipinski definition) is 3. The minimum absolute atomic E-state index is 0.609. The molecule has 0 spiro atoms. The number of pyridine rings is 1. The normalized spacial score (nSPS) is 16.1. The monoisotopic (exact) mass is 376 g/mol. The first-order valence-electron chi connectivity index (χ1n) is 10.0. The molecule has 1 aromatic carbocycles. The molecule has 4 rings (SSSR count). The van der Waals surface area contributed by atoms with Crippen molar-refractivity contribution in [3.05, 3.63) is 65.5 Å². The molecule has 2 aromatic heterocycles. The average Bonchev–Trinajstić information content (AvgIpc) is 3.34. The first-order chi connectivity index (χ1) is 13.4. The van der Waals surface area contributed by atoms with Gasteiger partial charge in [-0.3, -0.25) is 0 Å². The lowest BCUT2D eigenvalue weighted by atomic mass is 9.92. The molecule has 1 aliphatic rings. The second kappa shape index (κ2) is 7.44. The third-order valence-electron chi connectivity index (χ3n) is 5.68. The molecule has 4 heteroatoms. The summed E-state index contributed by atoms with van der Waals surface area (Å²) in [5.74, 6) is 1.37. The molecule has 2 N–H and O–H groups in total. The number of fused-ring (bicyclic) bond motifs is 1. The number of aromatic amines is 1. The highest BCUT2D eigenvalue weighted by molar-refractivity contribution is 5.87. The van der Waals surface area contributed by atoms with Crippen molar-refractivity contribution in [2.24, 2.45) is 5.92 Å². The van der Waals surface area contributed by atoms with Crippen LogP contribution >= 0.6 is 0 Å². The minimum atomic E-state index is -0.838. The van der Waals surface area contributed by atoms with Crippen LogP contribution in [-0.4, -0.2) is 22.2 Å². The van der Waals surface area contributed by atoms with Gasteiger partial charge in [0.05, 0.1) is 18.9 Å². The number of aromatic nitrogens is 2. The molecule has 0 atom stereocenters. The van der Waals surface area contributed by atoms with Crippen LogP contribution in [0.5, 0.6) is 5.75 Å². The lowest BCUT2D eigenvalue weighted by Crippen LogP contribution is -2.15. The zero-order valence-electron chi connectivity index (χ0n) is 16.8. The van der Waals surface area contributed by atoms with Gasteiger partial charge in [-0.15, -0.1) is 0 Å². The van der Waals surface area contributed by atoms with Gasteiger partial charge in [-0.2, -0.15) is 0 Å². The smallest absolute Gasteiger partial charge is 0.137 e. The number of methoxy groups -OCH3 is 1. The number of aliphatic hydroxyl groups is 1. The predicted molar refractivity (Wildman–Crippen MR) is 113 cm³/mol. The van der Waals surface area contributed by atoms with Crippen LogP contribution in [0.1, 0.15) is 56.4 Å². The van der Waals surface area contributed by atoms with Gasteiger partial charge in [-0.25, -0.2) is 4.98 Å². The number of rotatable bonds is 5. The zero-order chi connectivity index (χ0) is 19.7. The standard InChI is InChI=1S/C24H28N2O2/c1-24(2,27)19-10-8-17(9-11-19)21(12-16-6-4-5-7-16)22-14-18-13-20(28-3)15-25-23(18)26-22/h8-16,27H,4-7H2,1-3H3,(H,25,26)/b21-12-. The Hall–Kier alpha value is -2.59. The molecule has 0 radical (unpaired) electrons. The van der Waals surface area contributed by atoms with Gasteiger partial charge < -0.3 is 14.8 Å². The number of nitrogens with zero attached hydrogens (tertiary/aromatic N) is 1. The van der Waals surface area contributed by atoms with E-state index in [1.165, 1.54) is 31.3 Å². The van der Waals surface area contributed by atoms with Crippen LogP contribution in [0, 0.1) is 5.92 Å². The lowest BCUT2D eigenvalue weighted by molar-refractivity contribution is 0.0786. The zero-order valence-corrected chi connectivity index (χ0v) is 16.8. The van der Waals surface area contributed by atoms with E-state index in [1.54, 1.807) is 13.3 Å². The molecule has 1 fully saturated rings. The summed E-state index contributed by atoms with van der Waals surface area (Å²) in [7, 11) is 1.66. The number of hydrogen-bond donors (Lipinski definition) is 2. The van der Waals surface area contributed by atoms with Crippen molar-refractivity contribution in [3.8, 4) is 5.75 Å². The van der Waals surface area contributed by atoms with Crippen LogP contribution in [0.15, 0.2) is 48.7 Å². The molecule has 4 nitrogen and oxygen atoms in total. The molecule has 0 unspecified atom stereocenters. The molecule has 146 valence electrons. The van der Waals surface area contributed by atoms with Crippen molar-refractivity contribution in [2.45, 2.75) is 45.1 Å². The van der Waals surface area contributed by atoms with Crippen molar-refractivity contribution in [1.29, 1.82) is 0 Å². The van der Waals surface area contributed by atoms with E-state index < -0.39 is 5.60 Å². The Morgan fingerprint density at radius 2 is 1.89 bits per heavy atom. The van der Waals surface area contributed by atoms with Gasteiger partial charge in [0.25, 0.3) is 0 Å². The Morgan fingerprint density at radius 1 is 1.18 bits per heavy atom. The van der Waals surface area contributed by atoms with Crippen LogP contribution in [0.3, 0.4) is 0 Å². The molecule has 2 heterocycles. The third kappa shape index (κ3) is 3.83. The van der Waals surface area contributed by atoms with Gasteiger partial charge in [-0.05, 0) is 55.9 Å². The fourth-order valence-electron chi connectivity index (χ4n) is 4.01. The number of ether oxygens (including phenoxy) is 1. The van der Waals surface area contributed by atoms with Crippen molar-refractivity contribution in [3.63, 3.8) is 0 Å². The van der Waals surface area contributed by atoms with E-state index in [-0.39, 0.29) is 0 Å². The second-order valence-electron chi connectivity index (χ2n) is 8.26. The van der Waals surface area contributed by atoms with Gasteiger partial charge in [0, 0.05) is 16.7 Å². The summed E-state index contributed by atoms with van der Waals surface area (Å²) in [5.41, 5.74) is 4.36. The number of benzene rings is 1. The predicted octanol–water partition coefficient (Wildman–Crippen LogP) is 5.42. The van der Waals surface area contributed by atoms with E-state index in [0.29, 0.717) is 5.92 Å². The first kappa shape index (κ1) is 18.8. The summed E-state index contributed by atoms with van der Waals surface area (Å²) < 4.78 is 5.31. The van der Waals surface area contributed by atoms with Crippen LogP contribution in [-0.2, 0) is 5.60 Å². The summed E-state index contributed by atoms with van der Waals surface area (Å²) in [6.45, 7) is 3.63. The van der Waals surface area contributed by atoms with Crippen LogP contribution < -0.4 is 4.74 Å². The van der Waals surface area contributed by atoms with Crippen molar-refractivity contribution < 1.29 is 9.84 Å². The van der Waals surface area contributed by atoms with E-state index in [9.17, 15) is 5.11 Å². The summed E-state index contributed by atoms with van der Waals surface area (Å²) in [5, 5.41) is 11.3. The third-order valence-corrected chi connectivity index (χ3v) is 5.68. The molecule has 3 aromatic rings. The Kier molecular flexibility index (Phi) is 4.98. The van der Waals surface area contributed by atoms with E-state index >= 15 is 0 Å². The molecule has 1 aliphatic carbocycles. The first-order valence-corrected chi connectivity index (χ1v) is 10.0. The highest BCUT2D eigenvalue weighted by atomic mass is 16.5. The van der Waals surface area contributed by atoms with Gasteiger partial charge in [-0.1, -0.05) is 43.2 Å². The van der Waals surface area contributed by atoms with Crippen molar-refractivity contribution >= 4 is 16.6 Å². The maximum Gasteiger partial charge on any atom is 0.137 e. The average molecular weight is 377 g/mol. The van der Waals surface area contributed by atoms with Crippen LogP contribution in [0.4, 0.5) is 0 Å². The Bertz CT molecular complexity index is 988.